The summed E-state index contributed by atoms with van der Waals surface area (Å²) in [6.45, 7) is 0.140. The molecule has 0 atom stereocenters. The fourth-order valence-corrected chi connectivity index (χ4v) is 3.47. The monoisotopic (exact) mass is 385 g/mol. The Morgan fingerprint density at radius 3 is 2.56 bits per heavy atom. The average molecular weight is 385 g/mol. The molecule has 0 aliphatic rings. The Kier molecular flexibility index (Phi) is 5.56. The lowest BCUT2D eigenvalue weighted by molar-refractivity contribution is -0.114. The van der Waals surface area contributed by atoms with E-state index < -0.39 is 5.97 Å². The highest BCUT2D eigenvalue weighted by Crippen LogP contribution is 2.33. The summed E-state index contributed by atoms with van der Waals surface area (Å²) in [7, 11) is 4.74. The maximum Gasteiger partial charge on any atom is 0.337 e. The number of hydrogen-bond acceptors (Lipinski definition) is 7. The van der Waals surface area contributed by atoms with Crippen LogP contribution in [-0.4, -0.2) is 44.7 Å². The van der Waals surface area contributed by atoms with E-state index in [0.29, 0.717) is 17.0 Å². The quantitative estimate of drug-likeness (QED) is 0.657. The number of rotatable bonds is 6. The summed E-state index contributed by atoms with van der Waals surface area (Å²) in [4.78, 5) is 30.1. The molecule has 0 saturated heterocycles. The van der Waals surface area contributed by atoms with Crippen LogP contribution in [0.1, 0.15) is 10.4 Å². The van der Waals surface area contributed by atoms with E-state index >= 15 is 0 Å². The molecule has 0 aliphatic heterocycles. The smallest absolute Gasteiger partial charge is 0.337 e. The number of likely N-dealkylation sites (N-methyl/N-ethyl adjacent to an activating group) is 1. The molecule has 0 aliphatic carbocycles. The normalized spacial score (nSPS) is 10.5. The molecule has 1 amide bonds. The van der Waals surface area contributed by atoms with Gasteiger partial charge in [0.25, 0.3) is 0 Å². The molecule has 2 aromatic carbocycles. The molecule has 1 heterocycles. The van der Waals surface area contributed by atoms with Crippen LogP contribution >= 0.6 is 11.3 Å². The zero-order valence-corrected chi connectivity index (χ0v) is 16.0. The van der Waals surface area contributed by atoms with Gasteiger partial charge in [0.1, 0.15) is 11.3 Å². The number of benzene rings is 2. The summed E-state index contributed by atoms with van der Waals surface area (Å²) in [6.07, 6.45) is 0. The van der Waals surface area contributed by atoms with E-state index in [1.807, 2.05) is 25.2 Å². The Labute approximate surface area is 160 Å². The SMILES string of the molecule is COC(=O)c1ccc(NC(=O)CN(C)c2nc3c(OC)cccc3s2)cc1. The predicted molar refractivity (Wildman–Crippen MR) is 106 cm³/mol. The first kappa shape index (κ1) is 18.7. The number of nitrogens with one attached hydrogen (secondary N) is 1. The minimum atomic E-state index is -0.418. The Morgan fingerprint density at radius 1 is 1.15 bits per heavy atom. The van der Waals surface area contributed by atoms with E-state index in [2.05, 4.69) is 15.0 Å². The second-order valence-electron chi connectivity index (χ2n) is 5.78. The third-order valence-corrected chi connectivity index (χ3v) is 5.02. The number of esters is 1. The predicted octanol–water partition coefficient (Wildman–Crippen LogP) is 3.17. The van der Waals surface area contributed by atoms with Crippen molar-refractivity contribution in [3.05, 3.63) is 48.0 Å². The molecule has 3 aromatic rings. The number of fused-ring (bicyclic) bond motifs is 1. The van der Waals surface area contributed by atoms with Gasteiger partial charge in [-0.3, -0.25) is 4.79 Å². The van der Waals surface area contributed by atoms with Gasteiger partial charge in [-0.05, 0) is 36.4 Å². The molecule has 8 heteroatoms. The van der Waals surface area contributed by atoms with Crippen LogP contribution in [0.15, 0.2) is 42.5 Å². The van der Waals surface area contributed by atoms with Crippen LogP contribution in [0, 0.1) is 0 Å². The van der Waals surface area contributed by atoms with Gasteiger partial charge in [0, 0.05) is 12.7 Å². The molecule has 140 valence electrons. The standard InChI is InChI=1S/C19H19N3O4S/c1-22(19-21-17-14(25-2)5-4-6-15(17)27-19)11-16(23)20-13-9-7-12(8-10-13)18(24)26-3/h4-10H,11H2,1-3H3,(H,20,23). The number of carbonyl (C=O) groups excluding carboxylic acids is 2. The van der Waals surface area contributed by atoms with Crippen molar-refractivity contribution in [1.29, 1.82) is 0 Å². The lowest BCUT2D eigenvalue weighted by Crippen LogP contribution is -2.29. The van der Waals surface area contributed by atoms with Gasteiger partial charge in [-0.25, -0.2) is 9.78 Å². The highest BCUT2D eigenvalue weighted by molar-refractivity contribution is 7.22. The van der Waals surface area contributed by atoms with Gasteiger partial charge in [-0.15, -0.1) is 0 Å². The minimum absolute atomic E-state index is 0.140. The number of hydrogen-bond donors (Lipinski definition) is 1. The summed E-state index contributed by atoms with van der Waals surface area (Å²) in [5, 5.41) is 3.53. The van der Waals surface area contributed by atoms with Crippen molar-refractivity contribution in [3.63, 3.8) is 0 Å². The van der Waals surface area contributed by atoms with Crippen LogP contribution in [0.5, 0.6) is 5.75 Å². The van der Waals surface area contributed by atoms with Gasteiger partial charge < -0.3 is 19.7 Å². The third kappa shape index (κ3) is 4.17. The number of methoxy groups -OCH3 is 2. The molecule has 27 heavy (non-hydrogen) atoms. The van der Waals surface area contributed by atoms with E-state index in [9.17, 15) is 9.59 Å². The summed E-state index contributed by atoms with van der Waals surface area (Å²) in [5.41, 5.74) is 1.81. The van der Waals surface area contributed by atoms with Crippen molar-refractivity contribution in [2.24, 2.45) is 0 Å². The number of carbonyl (C=O) groups is 2. The molecular weight excluding hydrogens is 366 g/mol. The number of anilines is 2. The van der Waals surface area contributed by atoms with E-state index in [1.54, 1.807) is 36.3 Å². The fraction of sp³-hybridized carbons (Fsp3) is 0.211. The maximum atomic E-state index is 12.3. The van der Waals surface area contributed by atoms with Crippen LogP contribution in [0.2, 0.25) is 0 Å². The first-order valence-electron chi connectivity index (χ1n) is 8.14. The molecule has 3 rings (SSSR count). The van der Waals surface area contributed by atoms with Gasteiger partial charge in [0.2, 0.25) is 5.91 Å². The summed E-state index contributed by atoms with van der Waals surface area (Å²) >= 11 is 1.49. The average Bonchev–Trinajstić information content (AvgIpc) is 3.12. The molecule has 1 aromatic heterocycles. The highest BCUT2D eigenvalue weighted by Gasteiger charge is 2.14. The largest absolute Gasteiger partial charge is 0.494 e. The third-order valence-electron chi connectivity index (χ3n) is 3.89. The molecule has 0 radical (unpaired) electrons. The number of ether oxygens (including phenoxy) is 2. The molecular formula is C19H19N3O4S. The van der Waals surface area contributed by atoms with Gasteiger partial charge in [0.05, 0.1) is 31.0 Å². The van der Waals surface area contributed by atoms with Crippen LogP contribution < -0.4 is 15.0 Å². The highest BCUT2D eigenvalue weighted by atomic mass is 32.1. The van der Waals surface area contributed by atoms with Crippen molar-refractivity contribution >= 4 is 44.2 Å². The van der Waals surface area contributed by atoms with Gasteiger partial charge in [0.15, 0.2) is 5.13 Å². The molecule has 0 bridgehead atoms. The van der Waals surface area contributed by atoms with Gasteiger partial charge >= 0.3 is 5.97 Å². The number of nitrogens with zero attached hydrogens (tertiary/aromatic N) is 2. The van der Waals surface area contributed by atoms with Crippen LogP contribution in [0.4, 0.5) is 10.8 Å². The van der Waals surface area contributed by atoms with Crippen LogP contribution in [-0.2, 0) is 9.53 Å². The van der Waals surface area contributed by atoms with E-state index in [0.717, 1.165) is 15.3 Å². The van der Waals surface area contributed by atoms with E-state index in [1.165, 1.54) is 18.4 Å². The second kappa shape index (κ2) is 8.05. The number of aromatic nitrogens is 1. The second-order valence-corrected chi connectivity index (χ2v) is 6.79. The zero-order chi connectivity index (χ0) is 19.4. The zero-order valence-electron chi connectivity index (χ0n) is 15.2. The van der Waals surface area contributed by atoms with Crippen molar-refractivity contribution in [2.45, 2.75) is 0 Å². The maximum absolute atomic E-state index is 12.3. The number of amides is 1. The molecule has 0 saturated carbocycles. The van der Waals surface area contributed by atoms with Crippen molar-refractivity contribution in [2.75, 3.05) is 38.0 Å². The molecule has 1 N–H and O–H groups in total. The van der Waals surface area contributed by atoms with Gasteiger partial charge in [-0.2, -0.15) is 0 Å². The number of para-hydroxylation sites is 1. The Morgan fingerprint density at radius 2 is 1.89 bits per heavy atom. The molecule has 0 fully saturated rings. The fourth-order valence-electron chi connectivity index (χ4n) is 2.53. The summed E-state index contributed by atoms with van der Waals surface area (Å²) < 4.78 is 11.0. The Hall–Kier alpha value is -3.13. The van der Waals surface area contributed by atoms with Gasteiger partial charge in [-0.1, -0.05) is 17.4 Å². The first-order valence-corrected chi connectivity index (χ1v) is 8.96. The lowest BCUT2D eigenvalue weighted by Gasteiger charge is -2.15. The molecule has 0 unspecified atom stereocenters. The van der Waals surface area contributed by atoms with Crippen molar-refractivity contribution in [3.8, 4) is 5.75 Å². The Bertz CT molecular complexity index is 969. The first-order chi connectivity index (χ1) is 13.0. The van der Waals surface area contributed by atoms with Crippen molar-refractivity contribution < 1.29 is 19.1 Å². The Balaban J connectivity index is 1.66. The van der Waals surface area contributed by atoms with Crippen molar-refractivity contribution in [1.82, 2.24) is 4.98 Å². The topological polar surface area (TPSA) is 80.8 Å². The van der Waals surface area contributed by atoms with E-state index in [-0.39, 0.29) is 12.5 Å². The lowest BCUT2D eigenvalue weighted by atomic mass is 10.2. The molecule has 0 spiro atoms. The van der Waals surface area contributed by atoms with Crippen LogP contribution in [0.25, 0.3) is 10.2 Å². The van der Waals surface area contributed by atoms with Crippen LogP contribution in [0.3, 0.4) is 0 Å². The summed E-state index contributed by atoms with van der Waals surface area (Å²) in [5.74, 6) is 0.104. The summed E-state index contributed by atoms with van der Waals surface area (Å²) in [6, 6.07) is 12.3. The van der Waals surface area contributed by atoms with E-state index in [4.69, 9.17) is 4.74 Å². The number of thiazole rings is 1. The minimum Gasteiger partial charge on any atom is -0.494 e. The molecule has 7 nitrogen and oxygen atoms in total.